The molecule has 0 bridgehead atoms. The van der Waals surface area contributed by atoms with Crippen LogP contribution in [0.3, 0.4) is 0 Å². The van der Waals surface area contributed by atoms with Crippen LogP contribution in [0.1, 0.15) is 31.9 Å². The van der Waals surface area contributed by atoms with Gasteiger partial charge in [-0.25, -0.2) is 13.1 Å². The van der Waals surface area contributed by atoms with E-state index < -0.39 is 10.0 Å². The number of sulfonamides is 1. The molecule has 5 heteroatoms. The molecule has 3 nitrogen and oxygen atoms in total. The smallest absolute Gasteiger partial charge is 0.211 e. The minimum Gasteiger partial charge on any atom is -0.211 e. The third-order valence-corrected chi connectivity index (χ3v) is 5.38. The van der Waals surface area contributed by atoms with Crippen molar-refractivity contribution in [2.24, 2.45) is 0 Å². The van der Waals surface area contributed by atoms with E-state index >= 15 is 0 Å². The molecule has 0 spiro atoms. The van der Waals surface area contributed by atoms with Gasteiger partial charge in [0.1, 0.15) is 0 Å². The van der Waals surface area contributed by atoms with Crippen LogP contribution in [0, 0.1) is 0 Å². The van der Waals surface area contributed by atoms with E-state index in [0.717, 1.165) is 11.1 Å². The Morgan fingerprint density at radius 1 is 0.957 bits per heavy atom. The average Bonchev–Trinajstić information content (AvgIpc) is 2.48. The molecular formula is C18H22ClNO2S. The third-order valence-electron chi connectivity index (χ3n) is 3.65. The summed E-state index contributed by atoms with van der Waals surface area (Å²) in [5, 5.41) is 0.674. The molecule has 0 aromatic heterocycles. The van der Waals surface area contributed by atoms with Crippen LogP contribution in [0.25, 0.3) is 0 Å². The van der Waals surface area contributed by atoms with E-state index in [0.29, 0.717) is 22.9 Å². The summed E-state index contributed by atoms with van der Waals surface area (Å²) in [6, 6.07) is 14.5. The van der Waals surface area contributed by atoms with E-state index in [1.54, 1.807) is 24.3 Å². The average molecular weight is 352 g/mol. The second-order valence-corrected chi connectivity index (χ2v) is 8.75. The lowest BCUT2D eigenvalue weighted by molar-refractivity contribution is 0.578. The van der Waals surface area contributed by atoms with Crippen LogP contribution in [-0.2, 0) is 21.9 Å². The van der Waals surface area contributed by atoms with Gasteiger partial charge in [0, 0.05) is 11.6 Å². The maximum absolute atomic E-state index is 12.3. The molecule has 0 radical (unpaired) electrons. The van der Waals surface area contributed by atoms with Gasteiger partial charge in [-0.05, 0) is 47.2 Å². The molecule has 1 N–H and O–H groups in total. The van der Waals surface area contributed by atoms with Crippen molar-refractivity contribution in [2.75, 3.05) is 6.54 Å². The van der Waals surface area contributed by atoms with E-state index in [2.05, 4.69) is 25.5 Å². The van der Waals surface area contributed by atoms with Crippen LogP contribution in [0.5, 0.6) is 0 Å². The largest absolute Gasteiger partial charge is 0.240 e. The van der Waals surface area contributed by atoms with E-state index in [-0.39, 0.29) is 5.41 Å². The molecule has 0 saturated heterocycles. The molecule has 0 aliphatic carbocycles. The molecule has 0 fully saturated rings. The highest BCUT2D eigenvalue weighted by atomic mass is 35.5. The van der Waals surface area contributed by atoms with Crippen molar-refractivity contribution in [3.05, 3.63) is 64.7 Å². The topological polar surface area (TPSA) is 46.2 Å². The van der Waals surface area contributed by atoms with Crippen molar-refractivity contribution in [3.8, 4) is 0 Å². The molecule has 0 saturated carbocycles. The Kier molecular flexibility index (Phi) is 5.50. The Labute approximate surface area is 143 Å². The van der Waals surface area contributed by atoms with Crippen molar-refractivity contribution < 1.29 is 8.42 Å². The lowest BCUT2D eigenvalue weighted by atomic mass is 9.87. The van der Waals surface area contributed by atoms with Crippen LogP contribution < -0.4 is 4.72 Å². The molecular weight excluding hydrogens is 330 g/mol. The first-order chi connectivity index (χ1) is 10.7. The number of hydrogen-bond donors (Lipinski definition) is 1. The molecule has 0 aliphatic heterocycles. The molecule has 0 aliphatic rings. The number of halogens is 1. The number of hydrogen-bond acceptors (Lipinski definition) is 2. The fraction of sp³-hybridized carbons (Fsp3) is 0.333. The van der Waals surface area contributed by atoms with Gasteiger partial charge in [0.15, 0.2) is 0 Å². The molecule has 23 heavy (non-hydrogen) atoms. The van der Waals surface area contributed by atoms with Crippen LogP contribution in [0.15, 0.2) is 53.4 Å². The number of nitrogens with one attached hydrogen (secondary N) is 1. The van der Waals surface area contributed by atoms with Crippen molar-refractivity contribution in [3.63, 3.8) is 0 Å². The minimum absolute atomic E-state index is 0.00427. The first-order valence-electron chi connectivity index (χ1n) is 7.53. The molecule has 0 atom stereocenters. The Bertz CT molecular complexity index is 745. The summed E-state index contributed by atoms with van der Waals surface area (Å²) in [5.41, 5.74) is 2.16. The van der Waals surface area contributed by atoms with Crippen LogP contribution in [0.4, 0.5) is 0 Å². The Morgan fingerprint density at radius 2 is 1.52 bits per heavy atom. The molecule has 2 aromatic carbocycles. The third kappa shape index (κ3) is 5.06. The summed E-state index contributed by atoms with van der Waals surface area (Å²) in [7, 11) is -3.48. The Hall–Kier alpha value is -1.36. The van der Waals surface area contributed by atoms with Gasteiger partial charge in [-0.3, -0.25) is 0 Å². The summed E-state index contributed by atoms with van der Waals surface area (Å²) < 4.78 is 27.2. The Morgan fingerprint density at radius 3 is 2.04 bits per heavy atom. The summed E-state index contributed by atoms with van der Waals surface area (Å²) >= 11 is 5.83. The van der Waals surface area contributed by atoms with Crippen molar-refractivity contribution in [1.29, 1.82) is 0 Å². The molecule has 0 amide bonds. The highest BCUT2D eigenvalue weighted by molar-refractivity contribution is 7.89. The fourth-order valence-electron chi connectivity index (χ4n) is 2.20. The van der Waals surface area contributed by atoms with Gasteiger partial charge in [0.2, 0.25) is 10.0 Å². The maximum Gasteiger partial charge on any atom is 0.240 e. The quantitative estimate of drug-likeness (QED) is 0.879. The Balaban J connectivity index is 2.00. The van der Waals surface area contributed by atoms with Gasteiger partial charge in [-0.1, -0.05) is 56.6 Å². The van der Waals surface area contributed by atoms with Crippen molar-refractivity contribution >= 4 is 21.6 Å². The highest BCUT2D eigenvalue weighted by Gasteiger charge is 2.17. The lowest BCUT2D eigenvalue weighted by Gasteiger charge is -2.19. The second kappa shape index (κ2) is 7.04. The molecule has 2 aromatic rings. The standard InChI is InChI=1S/C18H22ClNO2S/c1-18(2,3)15-6-10-17(11-7-15)23(21,22)20-13-12-14-4-8-16(19)9-5-14/h4-11,20H,12-13H2,1-3H3. The van der Waals surface area contributed by atoms with E-state index in [1.165, 1.54) is 0 Å². The van der Waals surface area contributed by atoms with E-state index in [4.69, 9.17) is 11.6 Å². The van der Waals surface area contributed by atoms with Gasteiger partial charge in [-0.2, -0.15) is 0 Å². The zero-order chi connectivity index (χ0) is 17.1. The summed E-state index contributed by atoms with van der Waals surface area (Å²) in [4.78, 5) is 0.293. The zero-order valence-corrected chi connectivity index (χ0v) is 15.2. The van der Waals surface area contributed by atoms with Crippen molar-refractivity contribution in [2.45, 2.75) is 37.5 Å². The first-order valence-corrected chi connectivity index (χ1v) is 9.39. The molecule has 0 heterocycles. The monoisotopic (exact) mass is 351 g/mol. The van der Waals surface area contributed by atoms with E-state index in [9.17, 15) is 8.42 Å². The molecule has 124 valence electrons. The van der Waals surface area contributed by atoms with Crippen molar-refractivity contribution in [1.82, 2.24) is 4.72 Å². The van der Waals surface area contributed by atoms with Gasteiger partial charge in [0.05, 0.1) is 4.90 Å². The zero-order valence-electron chi connectivity index (χ0n) is 13.6. The minimum atomic E-state index is -3.48. The first kappa shape index (κ1) is 18.0. The second-order valence-electron chi connectivity index (χ2n) is 6.55. The SMILES string of the molecule is CC(C)(C)c1ccc(S(=O)(=O)NCCc2ccc(Cl)cc2)cc1. The fourth-order valence-corrected chi connectivity index (χ4v) is 3.36. The van der Waals surface area contributed by atoms with E-state index in [1.807, 2.05) is 24.3 Å². The normalized spacial score (nSPS) is 12.3. The molecule has 0 unspecified atom stereocenters. The van der Waals surface area contributed by atoms with Gasteiger partial charge in [-0.15, -0.1) is 0 Å². The van der Waals surface area contributed by atoms with Gasteiger partial charge >= 0.3 is 0 Å². The number of rotatable bonds is 5. The van der Waals surface area contributed by atoms with Crippen LogP contribution in [0.2, 0.25) is 5.02 Å². The summed E-state index contributed by atoms with van der Waals surface area (Å²) in [6.07, 6.45) is 0.622. The summed E-state index contributed by atoms with van der Waals surface area (Å²) in [5.74, 6) is 0. The van der Waals surface area contributed by atoms with Crippen LogP contribution in [-0.4, -0.2) is 15.0 Å². The predicted molar refractivity (Wildman–Crippen MR) is 95.5 cm³/mol. The van der Waals surface area contributed by atoms with Crippen LogP contribution >= 0.6 is 11.6 Å². The number of benzene rings is 2. The lowest BCUT2D eigenvalue weighted by Crippen LogP contribution is -2.26. The highest BCUT2D eigenvalue weighted by Crippen LogP contribution is 2.23. The predicted octanol–water partition coefficient (Wildman–Crippen LogP) is 4.16. The van der Waals surface area contributed by atoms with Gasteiger partial charge < -0.3 is 0 Å². The molecule has 2 rings (SSSR count). The van der Waals surface area contributed by atoms with Gasteiger partial charge in [0.25, 0.3) is 0 Å². The summed E-state index contributed by atoms with van der Waals surface area (Å²) in [6.45, 7) is 6.65. The maximum atomic E-state index is 12.3.